The number of carbonyl (C=O) groups excluding carboxylic acids is 2. The summed E-state index contributed by atoms with van der Waals surface area (Å²) in [6, 6.07) is 11.6. The van der Waals surface area contributed by atoms with E-state index in [4.69, 9.17) is 0 Å². The fourth-order valence-electron chi connectivity index (χ4n) is 2.59. The fraction of sp³-hybridized carbons (Fsp3) is 0.217. The Balaban J connectivity index is 1.77. The summed E-state index contributed by atoms with van der Waals surface area (Å²) in [6.45, 7) is 4.38. The second-order valence-electron chi connectivity index (χ2n) is 7.96. The highest BCUT2D eigenvalue weighted by Crippen LogP contribution is 2.15. The lowest BCUT2D eigenvalue weighted by atomic mass is 9.93. The summed E-state index contributed by atoms with van der Waals surface area (Å²) < 4.78 is 0. The van der Waals surface area contributed by atoms with Crippen molar-refractivity contribution >= 4 is 35.3 Å². The van der Waals surface area contributed by atoms with E-state index >= 15 is 0 Å². The molecule has 0 saturated heterocycles. The zero-order valence-corrected chi connectivity index (χ0v) is 18.2. The molecule has 2 rings (SSSR count). The number of hydrogen-bond donors (Lipinski definition) is 2. The Kier molecular flexibility index (Phi) is 8.56. The number of amides is 2. The zero-order valence-electron chi connectivity index (χ0n) is 18.2. The topological polar surface area (TPSA) is 144 Å². The van der Waals surface area contributed by atoms with Crippen LogP contribution in [0.5, 0.6) is 0 Å². The Bertz CT molecular complexity index is 988. The SMILES string of the molecule is CC(C)(CNC(=O)C=Cc1ccc([N+](=O)[O-])cc1)CNC(=O)C=Cc1ccc([N+](=O)[O-])cc1. The first-order chi connectivity index (χ1) is 15.6. The van der Waals surface area contributed by atoms with Gasteiger partial charge < -0.3 is 10.6 Å². The van der Waals surface area contributed by atoms with Crippen LogP contribution in [0.2, 0.25) is 0 Å². The van der Waals surface area contributed by atoms with Crippen LogP contribution in [0.15, 0.2) is 60.7 Å². The van der Waals surface area contributed by atoms with Crippen molar-refractivity contribution in [2.45, 2.75) is 13.8 Å². The first-order valence-electron chi connectivity index (χ1n) is 9.96. The first kappa shape index (κ1) is 24.9. The number of benzene rings is 2. The normalized spacial score (nSPS) is 11.5. The van der Waals surface area contributed by atoms with Gasteiger partial charge in [0.2, 0.25) is 11.8 Å². The summed E-state index contributed by atoms with van der Waals surface area (Å²) in [5.74, 6) is -0.656. The molecule has 2 aromatic rings. The molecule has 0 spiro atoms. The Morgan fingerprint density at radius 1 is 0.758 bits per heavy atom. The van der Waals surface area contributed by atoms with Crippen LogP contribution < -0.4 is 10.6 Å². The van der Waals surface area contributed by atoms with Crippen LogP contribution in [0.4, 0.5) is 11.4 Å². The van der Waals surface area contributed by atoms with E-state index in [-0.39, 0.29) is 23.2 Å². The Morgan fingerprint density at radius 2 is 1.09 bits per heavy atom. The number of nitro benzene ring substituents is 2. The molecular weight excluding hydrogens is 428 g/mol. The minimum atomic E-state index is -0.494. The third-order valence-electron chi connectivity index (χ3n) is 4.54. The Morgan fingerprint density at radius 3 is 1.39 bits per heavy atom. The van der Waals surface area contributed by atoms with E-state index < -0.39 is 15.3 Å². The van der Waals surface area contributed by atoms with Gasteiger partial charge in [-0.2, -0.15) is 0 Å². The summed E-state index contributed by atoms with van der Waals surface area (Å²) in [6.07, 6.45) is 5.78. The molecular formula is C23H24N4O6. The van der Waals surface area contributed by atoms with Crippen molar-refractivity contribution in [2.75, 3.05) is 13.1 Å². The number of non-ortho nitro benzene ring substituents is 2. The van der Waals surface area contributed by atoms with Crippen LogP contribution in [0.1, 0.15) is 25.0 Å². The van der Waals surface area contributed by atoms with Crippen LogP contribution >= 0.6 is 0 Å². The Hall–Kier alpha value is -4.34. The van der Waals surface area contributed by atoms with Crippen LogP contribution in [-0.4, -0.2) is 34.8 Å². The van der Waals surface area contributed by atoms with Crippen LogP contribution in [0.3, 0.4) is 0 Å². The third kappa shape index (κ3) is 8.74. The number of nitrogens with one attached hydrogen (secondary N) is 2. The number of hydrogen-bond acceptors (Lipinski definition) is 6. The molecule has 33 heavy (non-hydrogen) atoms. The average molecular weight is 452 g/mol. The van der Waals surface area contributed by atoms with E-state index in [2.05, 4.69) is 10.6 Å². The van der Waals surface area contributed by atoms with Gasteiger partial charge in [0.15, 0.2) is 0 Å². The van der Waals surface area contributed by atoms with Gasteiger partial charge in [0, 0.05) is 49.5 Å². The summed E-state index contributed by atoms with van der Waals surface area (Å²) in [4.78, 5) is 44.4. The van der Waals surface area contributed by atoms with E-state index in [1.54, 1.807) is 36.4 Å². The van der Waals surface area contributed by atoms with Gasteiger partial charge in [-0.3, -0.25) is 29.8 Å². The number of rotatable bonds is 10. The third-order valence-corrected chi connectivity index (χ3v) is 4.54. The maximum Gasteiger partial charge on any atom is 0.269 e. The molecule has 0 radical (unpaired) electrons. The largest absolute Gasteiger partial charge is 0.352 e. The van der Waals surface area contributed by atoms with E-state index in [9.17, 15) is 29.8 Å². The second kappa shape index (κ2) is 11.3. The average Bonchev–Trinajstić information content (AvgIpc) is 2.79. The van der Waals surface area contributed by atoms with Gasteiger partial charge in [0.05, 0.1) is 9.85 Å². The van der Waals surface area contributed by atoms with Crippen molar-refractivity contribution in [2.24, 2.45) is 5.41 Å². The molecule has 0 aliphatic rings. The summed E-state index contributed by atoms with van der Waals surface area (Å²) in [5.41, 5.74) is 0.836. The molecule has 0 bridgehead atoms. The summed E-state index contributed by atoms with van der Waals surface area (Å²) in [7, 11) is 0. The molecule has 0 heterocycles. The molecule has 10 nitrogen and oxygen atoms in total. The van der Waals surface area contributed by atoms with Gasteiger partial charge in [-0.05, 0) is 53.0 Å². The lowest BCUT2D eigenvalue weighted by Crippen LogP contribution is -2.41. The molecule has 2 N–H and O–H groups in total. The summed E-state index contributed by atoms with van der Waals surface area (Å²) >= 11 is 0. The van der Waals surface area contributed by atoms with Crippen molar-refractivity contribution < 1.29 is 19.4 Å². The van der Waals surface area contributed by atoms with Crippen molar-refractivity contribution in [3.63, 3.8) is 0 Å². The highest BCUT2D eigenvalue weighted by atomic mass is 16.6. The number of nitro groups is 2. The van der Waals surface area contributed by atoms with Gasteiger partial charge in [-0.25, -0.2) is 0 Å². The van der Waals surface area contributed by atoms with Crippen LogP contribution in [0, 0.1) is 25.6 Å². The Labute approximate surface area is 190 Å². The molecule has 2 aromatic carbocycles. The minimum absolute atomic E-state index is 0.0250. The summed E-state index contributed by atoms with van der Waals surface area (Å²) in [5, 5.41) is 26.8. The van der Waals surface area contributed by atoms with E-state index in [1.807, 2.05) is 13.8 Å². The predicted molar refractivity (Wildman–Crippen MR) is 124 cm³/mol. The molecule has 172 valence electrons. The number of carbonyl (C=O) groups is 2. The zero-order chi connectivity index (χ0) is 24.4. The predicted octanol–water partition coefficient (Wildman–Crippen LogP) is 3.49. The van der Waals surface area contributed by atoms with Crippen molar-refractivity contribution in [1.82, 2.24) is 10.6 Å². The quantitative estimate of drug-likeness (QED) is 0.321. The van der Waals surface area contributed by atoms with Gasteiger partial charge in [0.1, 0.15) is 0 Å². The maximum absolute atomic E-state index is 12.1. The molecule has 0 aliphatic carbocycles. The number of nitrogens with zero attached hydrogens (tertiary/aromatic N) is 2. The van der Waals surface area contributed by atoms with Crippen molar-refractivity contribution in [3.8, 4) is 0 Å². The van der Waals surface area contributed by atoms with Gasteiger partial charge in [-0.1, -0.05) is 13.8 Å². The van der Waals surface area contributed by atoms with Gasteiger partial charge in [0.25, 0.3) is 11.4 Å². The van der Waals surface area contributed by atoms with E-state index in [0.29, 0.717) is 24.2 Å². The van der Waals surface area contributed by atoms with Gasteiger partial charge >= 0.3 is 0 Å². The molecule has 10 heteroatoms. The van der Waals surface area contributed by atoms with Crippen LogP contribution in [-0.2, 0) is 9.59 Å². The molecule has 0 aliphatic heterocycles. The fourth-order valence-corrected chi connectivity index (χ4v) is 2.59. The van der Waals surface area contributed by atoms with Crippen molar-refractivity contribution in [3.05, 3.63) is 92.0 Å². The first-order valence-corrected chi connectivity index (χ1v) is 9.96. The second-order valence-corrected chi connectivity index (χ2v) is 7.96. The molecule has 0 aromatic heterocycles. The molecule has 2 amide bonds. The maximum atomic E-state index is 12.1. The minimum Gasteiger partial charge on any atom is -0.352 e. The highest BCUT2D eigenvalue weighted by Gasteiger charge is 2.19. The molecule has 0 saturated carbocycles. The monoisotopic (exact) mass is 452 g/mol. The standard InChI is InChI=1S/C23H24N4O6/c1-23(2,15-24-21(28)13-7-17-3-9-19(10-4-17)26(30)31)16-25-22(29)14-8-18-5-11-20(12-6-18)27(32)33/h3-14H,15-16H2,1-2H3,(H,24,28)(H,25,29). The lowest BCUT2D eigenvalue weighted by Gasteiger charge is -2.24. The van der Waals surface area contributed by atoms with Crippen molar-refractivity contribution in [1.29, 1.82) is 0 Å². The highest BCUT2D eigenvalue weighted by molar-refractivity contribution is 5.92. The lowest BCUT2D eigenvalue weighted by molar-refractivity contribution is -0.385. The van der Waals surface area contributed by atoms with Gasteiger partial charge in [-0.15, -0.1) is 0 Å². The molecule has 0 fully saturated rings. The molecule has 0 atom stereocenters. The molecule has 0 unspecified atom stereocenters. The van der Waals surface area contributed by atoms with Crippen LogP contribution in [0.25, 0.3) is 12.2 Å². The smallest absolute Gasteiger partial charge is 0.269 e. The van der Waals surface area contributed by atoms with E-state index in [0.717, 1.165) is 0 Å². The van der Waals surface area contributed by atoms with E-state index in [1.165, 1.54) is 36.4 Å².